The van der Waals surface area contributed by atoms with Crippen LogP contribution in [0.4, 0.5) is 0 Å². The third-order valence-electron chi connectivity index (χ3n) is 3.76. The lowest BCUT2D eigenvalue weighted by Gasteiger charge is -2.15. The minimum absolute atomic E-state index is 0.277. The van der Waals surface area contributed by atoms with Crippen molar-refractivity contribution in [1.82, 2.24) is 0 Å². The Hall–Kier alpha value is -3.28. The SMILES string of the molecule is COc1ccc(-c2cc(=O)oc3cc(O[C@@H](C)C(=O)[O-])ccc23)cc1. The first kappa shape index (κ1) is 16.6. The first-order valence-corrected chi connectivity index (χ1v) is 7.58. The van der Waals surface area contributed by atoms with Crippen molar-refractivity contribution in [3.05, 3.63) is 59.0 Å². The zero-order valence-electron chi connectivity index (χ0n) is 13.6. The standard InChI is InChI=1S/C19H16O6/c1-11(19(21)22)24-14-7-8-15-16(10-18(20)25-17(15)9-14)12-3-5-13(23-2)6-4-12/h3-11H,1-2H3,(H,21,22)/p-1/t11-/m0/s1. The number of carboxylic acid groups (broad SMARTS) is 1. The molecular formula is C19H15O6-. The minimum atomic E-state index is -1.33. The van der Waals surface area contributed by atoms with E-state index in [-0.39, 0.29) is 5.75 Å². The number of ether oxygens (including phenoxy) is 2. The Kier molecular flexibility index (Phi) is 4.43. The van der Waals surface area contributed by atoms with Gasteiger partial charge in [-0.05, 0) is 42.3 Å². The molecule has 3 aromatic rings. The maximum atomic E-state index is 11.9. The molecule has 1 atom stereocenters. The van der Waals surface area contributed by atoms with Crippen LogP contribution < -0.4 is 20.2 Å². The van der Waals surface area contributed by atoms with Gasteiger partial charge in [-0.15, -0.1) is 0 Å². The molecule has 0 unspecified atom stereocenters. The fourth-order valence-electron chi connectivity index (χ4n) is 2.48. The van der Waals surface area contributed by atoms with Gasteiger partial charge >= 0.3 is 5.63 Å². The Morgan fingerprint density at radius 3 is 2.40 bits per heavy atom. The molecule has 0 saturated carbocycles. The molecule has 6 nitrogen and oxygen atoms in total. The Bertz CT molecular complexity index is 971. The smallest absolute Gasteiger partial charge is 0.336 e. The first-order valence-electron chi connectivity index (χ1n) is 7.58. The summed E-state index contributed by atoms with van der Waals surface area (Å²) in [7, 11) is 1.58. The van der Waals surface area contributed by atoms with Crippen LogP contribution in [0.2, 0.25) is 0 Å². The van der Waals surface area contributed by atoms with Gasteiger partial charge in [0, 0.05) is 17.5 Å². The number of carbonyl (C=O) groups is 1. The van der Waals surface area contributed by atoms with Gasteiger partial charge in [0.15, 0.2) is 0 Å². The molecule has 0 aliphatic carbocycles. The number of carboxylic acids is 1. The third-order valence-corrected chi connectivity index (χ3v) is 3.76. The van der Waals surface area contributed by atoms with E-state index in [1.807, 2.05) is 12.1 Å². The highest BCUT2D eigenvalue weighted by molar-refractivity contribution is 5.93. The monoisotopic (exact) mass is 339 g/mol. The number of hydrogen-bond donors (Lipinski definition) is 0. The summed E-state index contributed by atoms with van der Waals surface area (Å²) in [6.07, 6.45) is -1.12. The van der Waals surface area contributed by atoms with Crippen molar-refractivity contribution < 1.29 is 23.8 Å². The topological polar surface area (TPSA) is 88.8 Å². The van der Waals surface area contributed by atoms with E-state index in [1.54, 1.807) is 31.4 Å². The van der Waals surface area contributed by atoms with Crippen molar-refractivity contribution >= 4 is 16.9 Å². The number of aliphatic carboxylic acids is 1. The maximum absolute atomic E-state index is 11.9. The summed E-state index contributed by atoms with van der Waals surface area (Å²) in [6, 6.07) is 13.5. The van der Waals surface area contributed by atoms with Crippen LogP contribution in [-0.4, -0.2) is 19.2 Å². The van der Waals surface area contributed by atoms with E-state index < -0.39 is 17.7 Å². The molecule has 128 valence electrons. The summed E-state index contributed by atoms with van der Waals surface area (Å²) in [4.78, 5) is 22.7. The van der Waals surface area contributed by atoms with Crippen LogP contribution in [0.1, 0.15) is 6.92 Å². The Morgan fingerprint density at radius 2 is 1.76 bits per heavy atom. The molecule has 0 radical (unpaired) electrons. The average Bonchev–Trinajstić information content (AvgIpc) is 2.60. The largest absolute Gasteiger partial charge is 0.546 e. The molecule has 6 heteroatoms. The van der Waals surface area contributed by atoms with E-state index in [0.717, 1.165) is 5.56 Å². The van der Waals surface area contributed by atoms with E-state index in [2.05, 4.69) is 0 Å². The number of fused-ring (bicyclic) bond motifs is 1. The third kappa shape index (κ3) is 3.47. The van der Waals surface area contributed by atoms with Gasteiger partial charge in [-0.25, -0.2) is 4.79 Å². The van der Waals surface area contributed by atoms with Crippen molar-refractivity contribution in [2.45, 2.75) is 13.0 Å². The van der Waals surface area contributed by atoms with Gasteiger partial charge in [0.25, 0.3) is 0 Å². The maximum Gasteiger partial charge on any atom is 0.336 e. The molecular weight excluding hydrogens is 324 g/mol. The van der Waals surface area contributed by atoms with Crippen molar-refractivity contribution in [3.63, 3.8) is 0 Å². The molecule has 1 aromatic heterocycles. The summed E-state index contributed by atoms with van der Waals surface area (Å²) in [5.74, 6) is -0.337. The average molecular weight is 339 g/mol. The molecule has 0 N–H and O–H groups in total. The van der Waals surface area contributed by atoms with Crippen LogP contribution >= 0.6 is 0 Å². The predicted octanol–water partition coefficient (Wildman–Crippen LogP) is 1.99. The van der Waals surface area contributed by atoms with Crippen LogP contribution in [0.5, 0.6) is 11.5 Å². The van der Waals surface area contributed by atoms with Gasteiger partial charge in [-0.2, -0.15) is 0 Å². The van der Waals surface area contributed by atoms with Crippen molar-refractivity contribution in [2.75, 3.05) is 7.11 Å². The van der Waals surface area contributed by atoms with E-state index >= 15 is 0 Å². The van der Waals surface area contributed by atoms with Gasteiger partial charge in [0.05, 0.1) is 13.1 Å². The quantitative estimate of drug-likeness (QED) is 0.661. The number of rotatable bonds is 5. The molecule has 0 fully saturated rings. The number of carbonyl (C=O) groups excluding carboxylic acids is 1. The minimum Gasteiger partial charge on any atom is -0.546 e. The molecule has 0 spiro atoms. The molecule has 25 heavy (non-hydrogen) atoms. The highest BCUT2D eigenvalue weighted by Gasteiger charge is 2.11. The molecule has 0 saturated heterocycles. The Labute approximate surface area is 143 Å². The second-order valence-electron chi connectivity index (χ2n) is 5.44. The fraction of sp³-hybridized carbons (Fsp3) is 0.158. The van der Waals surface area contributed by atoms with E-state index in [0.29, 0.717) is 22.3 Å². The second-order valence-corrected chi connectivity index (χ2v) is 5.44. The lowest BCUT2D eigenvalue weighted by atomic mass is 10.0. The number of methoxy groups -OCH3 is 1. The van der Waals surface area contributed by atoms with Gasteiger partial charge in [0.2, 0.25) is 0 Å². The van der Waals surface area contributed by atoms with E-state index in [1.165, 1.54) is 19.1 Å². The second kappa shape index (κ2) is 6.68. The molecule has 3 rings (SSSR count). The summed E-state index contributed by atoms with van der Waals surface area (Å²) < 4.78 is 15.6. The molecule has 1 heterocycles. The van der Waals surface area contributed by atoms with Gasteiger partial charge in [0.1, 0.15) is 23.2 Å². The van der Waals surface area contributed by atoms with Crippen molar-refractivity contribution in [3.8, 4) is 22.6 Å². The van der Waals surface area contributed by atoms with Gasteiger partial charge in [-0.3, -0.25) is 0 Å². The van der Waals surface area contributed by atoms with Crippen molar-refractivity contribution in [1.29, 1.82) is 0 Å². The van der Waals surface area contributed by atoms with E-state index in [4.69, 9.17) is 13.9 Å². The molecule has 0 aliphatic rings. The summed E-state index contributed by atoms with van der Waals surface area (Å²) in [6.45, 7) is 1.36. The Balaban J connectivity index is 2.07. The number of benzene rings is 2. The lowest BCUT2D eigenvalue weighted by molar-refractivity contribution is -0.312. The van der Waals surface area contributed by atoms with Crippen LogP contribution in [-0.2, 0) is 4.79 Å². The van der Waals surface area contributed by atoms with Crippen LogP contribution in [0, 0.1) is 0 Å². The summed E-state index contributed by atoms with van der Waals surface area (Å²) in [5, 5.41) is 11.5. The first-order chi connectivity index (χ1) is 12.0. The van der Waals surface area contributed by atoms with Crippen molar-refractivity contribution in [2.24, 2.45) is 0 Å². The molecule has 0 amide bonds. The Morgan fingerprint density at radius 1 is 1.08 bits per heavy atom. The highest BCUT2D eigenvalue weighted by atomic mass is 16.5. The van der Waals surface area contributed by atoms with Crippen LogP contribution in [0.25, 0.3) is 22.1 Å². The van der Waals surface area contributed by atoms with E-state index in [9.17, 15) is 14.7 Å². The van der Waals surface area contributed by atoms with Gasteiger partial charge in [-0.1, -0.05) is 12.1 Å². The summed E-state index contributed by atoms with van der Waals surface area (Å²) >= 11 is 0. The summed E-state index contributed by atoms with van der Waals surface area (Å²) in [5.41, 5.74) is 1.33. The van der Waals surface area contributed by atoms with Gasteiger partial charge < -0.3 is 23.8 Å². The number of hydrogen-bond acceptors (Lipinski definition) is 6. The molecule has 2 aromatic carbocycles. The normalized spacial score (nSPS) is 11.9. The zero-order chi connectivity index (χ0) is 18.0. The fourth-order valence-corrected chi connectivity index (χ4v) is 2.48. The van der Waals surface area contributed by atoms with Crippen LogP contribution in [0.15, 0.2) is 57.7 Å². The zero-order valence-corrected chi connectivity index (χ0v) is 13.6. The molecule has 0 aliphatic heterocycles. The highest BCUT2D eigenvalue weighted by Crippen LogP contribution is 2.30. The lowest BCUT2D eigenvalue weighted by Crippen LogP contribution is -2.37. The molecule has 0 bridgehead atoms. The predicted molar refractivity (Wildman–Crippen MR) is 89.6 cm³/mol. The van der Waals surface area contributed by atoms with Crippen LogP contribution in [0.3, 0.4) is 0 Å².